The van der Waals surface area contributed by atoms with Gasteiger partial charge in [0.25, 0.3) is 10.0 Å². The number of hydrogen-bond donors (Lipinski definition) is 2. The normalized spacial score (nSPS) is 11.7. The van der Waals surface area contributed by atoms with Crippen molar-refractivity contribution in [2.24, 2.45) is 0 Å². The van der Waals surface area contributed by atoms with Crippen molar-refractivity contribution in [3.8, 4) is 5.75 Å². The molecule has 0 bridgehead atoms. The molecule has 0 fully saturated rings. The van der Waals surface area contributed by atoms with E-state index in [1.807, 2.05) is 39.8 Å². The SMILES string of the molecule is CCN(CC)c1cc(C)nc(Nc2ccc(NS(=O)(=O)c3cc(C(C)(C)C)ccc3OC)cc2)n1. The Bertz CT molecular complexity index is 1270. The Labute approximate surface area is 208 Å². The van der Waals surface area contributed by atoms with Crippen LogP contribution in [0.1, 0.15) is 45.9 Å². The zero-order chi connectivity index (χ0) is 25.8. The number of aryl methyl sites for hydroxylation is 1. The van der Waals surface area contributed by atoms with E-state index in [-0.39, 0.29) is 10.3 Å². The molecule has 0 radical (unpaired) electrons. The lowest BCUT2D eigenvalue weighted by Crippen LogP contribution is -2.23. The number of aromatic nitrogens is 2. The van der Waals surface area contributed by atoms with Gasteiger partial charge >= 0.3 is 0 Å². The van der Waals surface area contributed by atoms with Crippen LogP contribution in [-0.2, 0) is 15.4 Å². The minimum absolute atomic E-state index is 0.103. The largest absolute Gasteiger partial charge is 0.495 e. The summed E-state index contributed by atoms with van der Waals surface area (Å²) in [6.07, 6.45) is 0. The molecule has 0 aliphatic heterocycles. The number of nitrogens with one attached hydrogen (secondary N) is 2. The van der Waals surface area contributed by atoms with Crippen molar-refractivity contribution in [3.05, 3.63) is 59.8 Å². The van der Waals surface area contributed by atoms with E-state index in [0.29, 0.717) is 17.4 Å². The number of rotatable bonds is 9. The lowest BCUT2D eigenvalue weighted by atomic mass is 9.87. The lowest BCUT2D eigenvalue weighted by Gasteiger charge is -2.21. The van der Waals surface area contributed by atoms with Gasteiger partial charge in [-0.05, 0) is 68.1 Å². The van der Waals surface area contributed by atoms with Crippen molar-refractivity contribution in [2.75, 3.05) is 35.1 Å². The molecule has 3 aromatic rings. The summed E-state index contributed by atoms with van der Waals surface area (Å²) in [5, 5.41) is 3.21. The van der Waals surface area contributed by atoms with Gasteiger partial charge in [0.05, 0.1) is 7.11 Å². The predicted octanol–water partition coefficient (Wildman–Crippen LogP) is 5.48. The van der Waals surface area contributed by atoms with E-state index in [1.165, 1.54) is 7.11 Å². The fourth-order valence-electron chi connectivity index (χ4n) is 3.63. The van der Waals surface area contributed by atoms with Gasteiger partial charge in [0.1, 0.15) is 16.5 Å². The Morgan fingerprint density at radius 2 is 1.57 bits per heavy atom. The molecule has 2 aromatic carbocycles. The Kier molecular flexibility index (Phi) is 7.90. The third-order valence-electron chi connectivity index (χ3n) is 5.64. The summed E-state index contributed by atoms with van der Waals surface area (Å²) in [5.74, 6) is 1.65. The maximum Gasteiger partial charge on any atom is 0.265 e. The van der Waals surface area contributed by atoms with Gasteiger partial charge < -0.3 is 15.0 Å². The van der Waals surface area contributed by atoms with E-state index in [4.69, 9.17) is 4.74 Å². The fraction of sp³-hybridized carbons (Fsp3) is 0.385. The van der Waals surface area contributed by atoms with Crippen LogP contribution < -0.4 is 19.7 Å². The highest BCUT2D eigenvalue weighted by Gasteiger charge is 2.23. The van der Waals surface area contributed by atoms with E-state index in [2.05, 4.69) is 38.8 Å². The molecular formula is C26H35N5O3S. The summed E-state index contributed by atoms with van der Waals surface area (Å²) >= 11 is 0. The molecule has 188 valence electrons. The van der Waals surface area contributed by atoms with E-state index >= 15 is 0 Å². The van der Waals surface area contributed by atoms with Crippen molar-refractivity contribution in [2.45, 2.75) is 51.9 Å². The van der Waals surface area contributed by atoms with Gasteiger partial charge in [-0.25, -0.2) is 13.4 Å². The molecule has 0 saturated carbocycles. The monoisotopic (exact) mass is 497 g/mol. The molecule has 0 aliphatic rings. The summed E-state index contributed by atoms with van der Waals surface area (Å²) in [6, 6.07) is 14.2. The first-order valence-electron chi connectivity index (χ1n) is 11.7. The van der Waals surface area contributed by atoms with E-state index in [0.717, 1.165) is 35.9 Å². The topological polar surface area (TPSA) is 96.5 Å². The van der Waals surface area contributed by atoms with Gasteiger partial charge in [-0.1, -0.05) is 26.8 Å². The van der Waals surface area contributed by atoms with Gasteiger partial charge in [-0.15, -0.1) is 0 Å². The molecular weight excluding hydrogens is 462 g/mol. The Morgan fingerprint density at radius 1 is 0.943 bits per heavy atom. The number of anilines is 4. The van der Waals surface area contributed by atoms with Crippen molar-refractivity contribution in [1.82, 2.24) is 9.97 Å². The molecule has 0 unspecified atom stereocenters. The zero-order valence-corrected chi connectivity index (χ0v) is 22.3. The second-order valence-electron chi connectivity index (χ2n) is 9.29. The molecule has 1 aromatic heterocycles. The van der Waals surface area contributed by atoms with Crippen LogP contribution in [0.5, 0.6) is 5.75 Å². The first-order valence-corrected chi connectivity index (χ1v) is 13.1. The standard InChI is InChI=1S/C26H35N5O3S/c1-8-31(9-2)24-16-18(3)27-25(29-24)28-20-11-13-21(14-12-20)30-35(32,33)23-17-19(26(4,5)6)10-15-22(23)34-7/h10-17,30H,8-9H2,1-7H3,(H,27,28,29). The minimum Gasteiger partial charge on any atom is -0.495 e. The summed E-state index contributed by atoms with van der Waals surface area (Å²) in [7, 11) is -2.40. The summed E-state index contributed by atoms with van der Waals surface area (Å²) in [5.41, 5.74) is 2.75. The number of nitrogens with zero attached hydrogens (tertiary/aromatic N) is 3. The average molecular weight is 498 g/mol. The molecule has 0 spiro atoms. The van der Waals surface area contributed by atoms with Crippen LogP contribution in [0.2, 0.25) is 0 Å². The van der Waals surface area contributed by atoms with Crippen LogP contribution in [0.3, 0.4) is 0 Å². The first kappa shape index (κ1) is 26.3. The van der Waals surface area contributed by atoms with Gasteiger partial charge in [-0.3, -0.25) is 4.72 Å². The van der Waals surface area contributed by atoms with E-state index < -0.39 is 10.0 Å². The maximum absolute atomic E-state index is 13.2. The number of sulfonamides is 1. The van der Waals surface area contributed by atoms with Gasteiger partial charge in [0.15, 0.2) is 0 Å². The van der Waals surface area contributed by atoms with E-state index in [9.17, 15) is 8.42 Å². The molecule has 0 saturated heterocycles. The molecule has 0 atom stereocenters. The Balaban J connectivity index is 1.82. The summed E-state index contributed by atoms with van der Waals surface area (Å²) in [6.45, 7) is 13.9. The Morgan fingerprint density at radius 3 is 2.14 bits per heavy atom. The molecule has 35 heavy (non-hydrogen) atoms. The highest BCUT2D eigenvalue weighted by atomic mass is 32.2. The number of ether oxygens (including phenoxy) is 1. The number of hydrogen-bond acceptors (Lipinski definition) is 7. The van der Waals surface area contributed by atoms with E-state index in [1.54, 1.807) is 36.4 Å². The molecule has 3 rings (SSSR count). The maximum atomic E-state index is 13.2. The molecule has 8 nitrogen and oxygen atoms in total. The fourth-order valence-corrected chi connectivity index (χ4v) is 4.89. The van der Waals surface area contributed by atoms with Crippen molar-refractivity contribution >= 4 is 33.2 Å². The number of methoxy groups -OCH3 is 1. The van der Waals surface area contributed by atoms with Gasteiger partial charge in [0, 0.05) is 36.2 Å². The number of benzene rings is 2. The minimum atomic E-state index is -3.86. The van der Waals surface area contributed by atoms with Gasteiger partial charge in [0.2, 0.25) is 5.95 Å². The van der Waals surface area contributed by atoms with Crippen molar-refractivity contribution in [3.63, 3.8) is 0 Å². The van der Waals surface area contributed by atoms with Crippen LogP contribution in [0.15, 0.2) is 53.4 Å². The summed E-state index contributed by atoms with van der Waals surface area (Å²) < 4.78 is 34.4. The van der Waals surface area contributed by atoms with Crippen LogP contribution in [0.4, 0.5) is 23.1 Å². The second kappa shape index (κ2) is 10.5. The molecule has 2 N–H and O–H groups in total. The Hall–Kier alpha value is -3.33. The highest BCUT2D eigenvalue weighted by molar-refractivity contribution is 7.92. The predicted molar refractivity (Wildman–Crippen MR) is 143 cm³/mol. The molecule has 0 amide bonds. The quantitative estimate of drug-likeness (QED) is 0.404. The second-order valence-corrected chi connectivity index (χ2v) is 10.9. The third-order valence-corrected chi connectivity index (χ3v) is 7.04. The smallest absolute Gasteiger partial charge is 0.265 e. The highest BCUT2D eigenvalue weighted by Crippen LogP contribution is 2.32. The van der Waals surface area contributed by atoms with Crippen LogP contribution >= 0.6 is 0 Å². The molecule has 1 heterocycles. The van der Waals surface area contributed by atoms with Crippen molar-refractivity contribution in [1.29, 1.82) is 0 Å². The van der Waals surface area contributed by atoms with Crippen molar-refractivity contribution < 1.29 is 13.2 Å². The molecule has 0 aliphatic carbocycles. The van der Waals surface area contributed by atoms with Crippen LogP contribution in [-0.4, -0.2) is 38.6 Å². The lowest BCUT2D eigenvalue weighted by molar-refractivity contribution is 0.402. The third kappa shape index (κ3) is 6.42. The summed E-state index contributed by atoms with van der Waals surface area (Å²) in [4.78, 5) is 11.3. The zero-order valence-electron chi connectivity index (χ0n) is 21.5. The van der Waals surface area contributed by atoms with Crippen LogP contribution in [0, 0.1) is 6.92 Å². The van der Waals surface area contributed by atoms with Gasteiger partial charge in [-0.2, -0.15) is 4.98 Å². The first-order chi connectivity index (χ1) is 16.5. The average Bonchev–Trinajstić information content (AvgIpc) is 2.79. The van der Waals surface area contributed by atoms with Crippen LogP contribution in [0.25, 0.3) is 0 Å². The molecule has 9 heteroatoms.